The molecule has 6 nitrogen and oxygen atoms in total. The van der Waals surface area contributed by atoms with E-state index in [9.17, 15) is 9.18 Å². The molecule has 0 N–H and O–H groups in total. The lowest BCUT2D eigenvalue weighted by Gasteiger charge is -2.08. The Hall–Kier alpha value is -3.22. The van der Waals surface area contributed by atoms with Crippen molar-refractivity contribution in [3.05, 3.63) is 54.0 Å². The van der Waals surface area contributed by atoms with E-state index in [-0.39, 0.29) is 18.3 Å². The number of hydrogen-bond donors (Lipinski definition) is 0. The van der Waals surface area contributed by atoms with Crippen molar-refractivity contribution in [1.82, 2.24) is 15.0 Å². The smallest absolute Gasteiger partial charge is 0.231 e. The molecule has 4 rings (SSSR count). The number of benzene rings is 2. The van der Waals surface area contributed by atoms with E-state index in [1.54, 1.807) is 30.3 Å². The van der Waals surface area contributed by atoms with Gasteiger partial charge in [-0.1, -0.05) is 5.21 Å². The molecule has 0 saturated carbocycles. The molecule has 114 valence electrons. The van der Waals surface area contributed by atoms with Gasteiger partial charge in [0.2, 0.25) is 6.79 Å². The predicted octanol–water partition coefficient (Wildman–Crippen LogP) is 2.61. The predicted molar refractivity (Wildman–Crippen MR) is 78.3 cm³/mol. The van der Waals surface area contributed by atoms with Gasteiger partial charge >= 0.3 is 0 Å². The maximum Gasteiger partial charge on any atom is 0.231 e. The van der Waals surface area contributed by atoms with E-state index >= 15 is 0 Å². The molecule has 0 aliphatic carbocycles. The van der Waals surface area contributed by atoms with Crippen LogP contribution in [0.3, 0.4) is 0 Å². The van der Waals surface area contributed by atoms with Crippen LogP contribution in [0.5, 0.6) is 11.5 Å². The van der Waals surface area contributed by atoms with Crippen LogP contribution in [0.25, 0.3) is 16.9 Å². The van der Waals surface area contributed by atoms with Crippen molar-refractivity contribution in [1.29, 1.82) is 0 Å². The molecule has 1 aliphatic heterocycles. The molecule has 3 aromatic rings. The summed E-state index contributed by atoms with van der Waals surface area (Å²) in [6.07, 6.45) is 0.620. The van der Waals surface area contributed by atoms with Crippen molar-refractivity contribution in [2.45, 2.75) is 0 Å². The van der Waals surface area contributed by atoms with Crippen molar-refractivity contribution in [3.8, 4) is 28.4 Å². The largest absolute Gasteiger partial charge is 0.454 e. The summed E-state index contributed by atoms with van der Waals surface area (Å²) in [7, 11) is 0. The van der Waals surface area contributed by atoms with Gasteiger partial charge in [-0.25, -0.2) is 9.07 Å². The SMILES string of the molecule is O=Cc1nnn(-c2ccc3c(c2)OCO3)c1-c1ccc(F)cc1. The van der Waals surface area contributed by atoms with Crippen LogP contribution in [0.2, 0.25) is 0 Å². The Morgan fingerprint density at radius 2 is 1.87 bits per heavy atom. The first-order valence-corrected chi connectivity index (χ1v) is 6.83. The Kier molecular flexibility index (Phi) is 3.04. The summed E-state index contributed by atoms with van der Waals surface area (Å²) in [5, 5.41) is 7.91. The lowest BCUT2D eigenvalue weighted by atomic mass is 10.1. The number of aromatic nitrogens is 3. The fraction of sp³-hybridized carbons (Fsp3) is 0.0625. The van der Waals surface area contributed by atoms with Gasteiger partial charge in [-0.15, -0.1) is 5.10 Å². The maximum absolute atomic E-state index is 13.1. The Labute approximate surface area is 130 Å². The average Bonchev–Trinajstić information content (AvgIpc) is 3.21. The third-order valence-corrected chi connectivity index (χ3v) is 3.53. The average molecular weight is 311 g/mol. The van der Waals surface area contributed by atoms with Gasteiger partial charge in [0.25, 0.3) is 0 Å². The number of ether oxygens (including phenoxy) is 2. The second-order valence-corrected chi connectivity index (χ2v) is 4.90. The second kappa shape index (κ2) is 5.20. The Morgan fingerprint density at radius 3 is 2.65 bits per heavy atom. The molecular formula is C16H10FN3O3. The molecular weight excluding hydrogens is 301 g/mol. The van der Waals surface area contributed by atoms with Crippen LogP contribution in [0.15, 0.2) is 42.5 Å². The minimum Gasteiger partial charge on any atom is -0.454 e. The normalized spacial score (nSPS) is 12.4. The molecule has 0 amide bonds. The van der Waals surface area contributed by atoms with Crippen LogP contribution in [0.4, 0.5) is 4.39 Å². The molecule has 0 bridgehead atoms. The van der Waals surface area contributed by atoms with Crippen LogP contribution < -0.4 is 9.47 Å². The molecule has 1 aliphatic rings. The summed E-state index contributed by atoms with van der Waals surface area (Å²) in [5.74, 6) is 0.882. The first kappa shape index (κ1) is 13.4. The minimum atomic E-state index is -0.358. The van der Waals surface area contributed by atoms with Gasteiger partial charge in [-0.05, 0) is 36.4 Å². The third-order valence-electron chi connectivity index (χ3n) is 3.53. The molecule has 0 unspecified atom stereocenters. The lowest BCUT2D eigenvalue weighted by Crippen LogP contribution is -2.00. The summed E-state index contributed by atoms with van der Waals surface area (Å²) < 4.78 is 25.3. The number of nitrogens with zero attached hydrogens (tertiary/aromatic N) is 3. The molecule has 0 spiro atoms. The number of carbonyl (C=O) groups is 1. The molecule has 2 aromatic carbocycles. The molecule has 0 radical (unpaired) electrons. The van der Waals surface area contributed by atoms with Crippen LogP contribution in [-0.4, -0.2) is 28.1 Å². The lowest BCUT2D eigenvalue weighted by molar-refractivity contribution is 0.111. The first-order valence-electron chi connectivity index (χ1n) is 6.83. The number of halogens is 1. The van der Waals surface area contributed by atoms with E-state index in [4.69, 9.17) is 9.47 Å². The fourth-order valence-corrected chi connectivity index (χ4v) is 2.45. The number of rotatable bonds is 3. The molecule has 2 heterocycles. The van der Waals surface area contributed by atoms with Crippen molar-refractivity contribution in [3.63, 3.8) is 0 Å². The molecule has 0 atom stereocenters. The zero-order valence-electron chi connectivity index (χ0n) is 11.8. The zero-order valence-corrected chi connectivity index (χ0v) is 11.8. The highest BCUT2D eigenvalue weighted by Crippen LogP contribution is 2.35. The molecule has 1 aromatic heterocycles. The van der Waals surface area contributed by atoms with Crippen LogP contribution >= 0.6 is 0 Å². The van der Waals surface area contributed by atoms with E-state index in [0.717, 1.165) is 0 Å². The van der Waals surface area contributed by atoms with Crippen molar-refractivity contribution >= 4 is 6.29 Å². The highest BCUT2D eigenvalue weighted by Gasteiger charge is 2.19. The van der Waals surface area contributed by atoms with E-state index in [1.807, 2.05) is 0 Å². The third kappa shape index (κ3) is 2.22. The summed E-state index contributed by atoms with van der Waals surface area (Å²) in [6, 6.07) is 11.1. The van der Waals surface area contributed by atoms with Gasteiger partial charge in [0.05, 0.1) is 5.69 Å². The van der Waals surface area contributed by atoms with Crippen LogP contribution in [0, 0.1) is 5.82 Å². The quantitative estimate of drug-likeness (QED) is 0.696. The molecule has 7 heteroatoms. The maximum atomic E-state index is 13.1. The van der Waals surface area contributed by atoms with E-state index in [2.05, 4.69) is 10.3 Å². The number of aldehydes is 1. The highest BCUT2D eigenvalue weighted by molar-refractivity contribution is 5.84. The van der Waals surface area contributed by atoms with Gasteiger partial charge in [-0.2, -0.15) is 0 Å². The fourth-order valence-electron chi connectivity index (χ4n) is 2.45. The summed E-state index contributed by atoms with van der Waals surface area (Å²) in [4.78, 5) is 11.3. The molecule has 0 fully saturated rings. The number of fused-ring (bicyclic) bond motifs is 1. The van der Waals surface area contributed by atoms with Crippen LogP contribution in [0.1, 0.15) is 10.5 Å². The van der Waals surface area contributed by atoms with Gasteiger partial charge < -0.3 is 9.47 Å². The molecule has 0 saturated heterocycles. The Balaban J connectivity index is 1.88. The summed E-state index contributed by atoms with van der Waals surface area (Å²) >= 11 is 0. The van der Waals surface area contributed by atoms with E-state index < -0.39 is 0 Å². The summed E-state index contributed by atoms with van der Waals surface area (Å²) in [6.45, 7) is 0.167. The van der Waals surface area contributed by atoms with Crippen molar-refractivity contribution in [2.75, 3.05) is 6.79 Å². The van der Waals surface area contributed by atoms with Gasteiger partial charge in [0.15, 0.2) is 23.5 Å². The highest BCUT2D eigenvalue weighted by atomic mass is 19.1. The standard InChI is InChI=1S/C16H10FN3O3/c17-11-3-1-10(2-4-11)16-13(8-21)18-19-20(16)12-5-6-14-15(7-12)23-9-22-14/h1-8H,9H2. The molecule has 23 heavy (non-hydrogen) atoms. The number of carbonyl (C=O) groups excluding carboxylic acids is 1. The van der Waals surface area contributed by atoms with E-state index in [0.29, 0.717) is 34.7 Å². The van der Waals surface area contributed by atoms with Gasteiger partial charge in [0, 0.05) is 11.6 Å². The van der Waals surface area contributed by atoms with Crippen molar-refractivity contribution in [2.24, 2.45) is 0 Å². The summed E-state index contributed by atoms with van der Waals surface area (Å²) in [5.41, 5.74) is 1.96. The van der Waals surface area contributed by atoms with Crippen molar-refractivity contribution < 1.29 is 18.7 Å². The van der Waals surface area contributed by atoms with Gasteiger partial charge in [0.1, 0.15) is 11.5 Å². The zero-order chi connectivity index (χ0) is 15.8. The minimum absolute atomic E-state index is 0.167. The monoisotopic (exact) mass is 311 g/mol. The van der Waals surface area contributed by atoms with Gasteiger partial charge in [-0.3, -0.25) is 4.79 Å². The second-order valence-electron chi connectivity index (χ2n) is 4.90. The topological polar surface area (TPSA) is 66.2 Å². The first-order chi connectivity index (χ1) is 11.3. The number of hydrogen-bond acceptors (Lipinski definition) is 5. The Bertz CT molecular complexity index is 890. The van der Waals surface area contributed by atoms with Crippen LogP contribution in [-0.2, 0) is 0 Å². The Morgan fingerprint density at radius 1 is 1.09 bits per heavy atom. The van der Waals surface area contributed by atoms with E-state index in [1.165, 1.54) is 16.8 Å².